The first-order valence-electron chi connectivity index (χ1n) is 9.24. The maximum absolute atomic E-state index is 12.4. The van der Waals surface area contributed by atoms with Crippen molar-refractivity contribution in [1.82, 2.24) is 24.8 Å². The third-order valence-electron chi connectivity index (χ3n) is 5.12. The van der Waals surface area contributed by atoms with Crippen molar-refractivity contribution >= 4 is 5.91 Å². The lowest BCUT2D eigenvalue weighted by Gasteiger charge is -2.33. The predicted molar refractivity (Wildman–Crippen MR) is 104 cm³/mol. The van der Waals surface area contributed by atoms with Gasteiger partial charge in [-0.3, -0.25) is 14.3 Å². The Morgan fingerprint density at radius 1 is 1.22 bits per heavy atom. The normalized spacial score (nSPS) is 15.1. The highest BCUT2D eigenvalue weighted by Crippen LogP contribution is 2.20. The van der Waals surface area contributed by atoms with Crippen LogP contribution in [0.5, 0.6) is 0 Å². The van der Waals surface area contributed by atoms with Crippen LogP contribution in [-0.4, -0.2) is 44.5 Å². The van der Waals surface area contributed by atoms with Crippen LogP contribution in [0.4, 0.5) is 0 Å². The molecule has 0 radical (unpaired) electrons. The molecule has 0 spiro atoms. The van der Waals surface area contributed by atoms with Gasteiger partial charge in [0.1, 0.15) is 12.1 Å². The van der Waals surface area contributed by atoms with Gasteiger partial charge in [0.05, 0.1) is 5.56 Å². The second kappa shape index (κ2) is 7.72. The predicted octanol–water partition coefficient (Wildman–Crippen LogP) is 2.44. The van der Waals surface area contributed by atoms with Gasteiger partial charge in [0.15, 0.2) is 0 Å². The number of imidazole rings is 1. The fourth-order valence-corrected chi connectivity index (χ4v) is 3.43. The first-order valence-corrected chi connectivity index (χ1v) is 9.24. The lowest BCUT2D eigenvalue weighted by Crippen LogP contribution is -2.44. The number of pyridine rings is 1. The van der Waals surface area contributed by atoms with Crippen molar-refractivity contribution in [3.05, 3.63) is 78.0 Å². The van der Waals surface area contributed by atoms with Crippen molar-refractivity contribution in [3.8, 4) is 5.82 Å². The molecule has 6 heteroatoms. The molecule has 1 aromatic carbocycles. The summed E-state index contributed by atoms with van der Waals surface area (Å²) in [6.07, 6.45) is 7.87. The molecule has 2 aromatic heterocycles. The molecule has 4 rings (SSSR count). The van der Waals surface area contributed by atoms with Crippen molar-refractivity contribution in [2.24, 2.45) is 0 Å². The molecular formula is C21H23N5O. The standard InChI is InChI=1S/C21H23N5O/c1-16(25-10-8-17-4-2-3-5-19(17)14-25)12-24-21(27)18-6-7-20(23-13-18)26-11-9-22-15-26/h2-7,9,11,13,15-16H,8,10,12,14H2,1H3,(H,24,27). The van der Waals surface area contributed by atoms with Crippen molar-refractivity contribution in [3.63, 3.8) is 0 Å². The van der Waals surface area contributed by atoms with Crippen molar-refractivity contribution in [2.45, 2.75) is 25.9 Å². The van der Waals surface area contributed by atoms with Gasteiger partial charge in [-0.1, -0.05) is 24.3 Å². The summed E-state index contributed by atoms with van der Waals surface area (Å²) in [5.74, 6) is 0.647. The van der Waals surface area contributed by atoms with Gasteiger partial charge in [0, 0.05) is 44.3 Å². The van der Waals surface area contributed by atoms with Gasteiger partial charge in [-0.15, -0.1) is 0 Å². The highest BCUT2D eigenvalue weighted by atomic mass is 16.1. The average Bonchev–Trinajstić information content (AvgIpc) is 3.26. The van der Waals surface area contributed by atoms with E-state index >= 15 is 0 Å². The summed E-state index contributed by atoms with van der Waals surface area (Å²) in [7, 11) is 0. The van der Waals surface area contributed by atoms with E-state index in [9.17, 15) is 4.79 Å². The molecule has 27 heavy (non-hydrogen) atoms. The van der Waals surface area contributed by atoms with E-state index in [1.165, 1.54) is 11.1 Å². The third-order valence-corrected chi connectivity index (χ3v) is 5.12. The Labute approximate surface area is 158 Å². The van der Waals surface area contributed by atoms with Gasteiger partial charge in [0.25, 0.3) is 5.91 Å². The van der Waals surface area contributed by atoms with Crippen LogP contribution in [0.25, 0.3) is 5.82 Å². The second-order valence-corrected chi connectivity index (χ2v) is 6.92. The molecule has 6 nitrogen and oxygen atoms in total. The summed E-state index contributed by atoms with van der Waals surface area (Å²) in [6, 6.07) is 12.5. The molecule has 0 bridgehead atoms. The zero-order valence-electron chi connectivity index (χ0n) is 15.4. The Balaban J connectivity index is 1.32. The quantitative estimate of drug-likeness (QED) is 0.758. The topological polar surface area (TPSA) is 63.1 Å². The number of fused-ring (bicyclic) bond motifs is 1. The first kappa shape index (κ1) is 17.4. The van der Waals surface area contributed by atoms with Gasteiger partial charge >= 0.3 is 0 Å². The minimum absolute atomic E-state index is 0.0936. The molecule has 0 saturated carbocycles. The number of rotatable bonds is 5. The van der Waals surface area contributed by atoms with Crippen molar-refractivity contribution < 1.29 is 4.79 Å². The van der Waals surface area contributed by atoms with Gasteiger partial charge in [0.2, 0.25) is 0 Å². The highest BCUT2D eigenvalue weighted by Gasteiger charge is 2.20. The number of hydrogen-bond donors (Lipinski definition) is 1. The van der Waals surface area contributed by atoms with Gasteiger partial charge in [-0.2, -0.15) is 0 Å². The maximum Gasteiger partial charge on any atom is 0.252 e. The largest absolute Gasteiger partial charge is 0.350 e. The van der Waals surface area contributed by atoms with Crippen LogP contribution in [0.3, 0.4) is 0 Å². The summed E-state index contributed by atoms with van der Waals surface area (Å²) in [6.45, 7) is 4.74. The van der Waals surface area contributed by atoms with E-state index in [-0.39, 0.29) is 11.9 Å². The summed E-state index contributed by atoms with van der Waals surface area (Å²) in [4.78, 5) is 23.2. The molecule has 1 amide bonds. The Morgan fingerprint density at radius 3 is 2.81 bits per heavy atom. The molecule has 3 heterocycles. The summed E-state index contributed by atoms with van der Waals surface area (Å²) in [5.41, 5.74) is 3.39. The number of nitrogens with zero attached hydrogens (tertiary/aromatic N) is 4. The molecule has 3 aromatic rings. The zero-order valence-corrected chi connectivity index (χ0v) is 15.4. The molecule has 0 saturated heterocycles. The first-order chi connectivity index (χ1) is 13.2. The van der Waals surface area contributed by atoms with E-state index in [1.807, 2.05) is 12.3 Å². The summed E-state index contributed by atoms with van der Waals surface area (Å²) >= 11 is 0. The molecular weight excluding hydrogens is 338 g/mol. The molecule has 1 aliphatic heterocycles. The minimum Gasteiger partial charge on any atom is -0.350 e. The SMILES string of the molecule is CC(CNC(=O)c1ccc(-n2ccnc2)nc1)N1CCc2ccccc2C1. The van der Waals surface area contributed by atoms with E-state index in [0.29, 0.717) is 12.1 Å². The molecule has 1 N–H and O–H groups in total. The zero-order chi connectivity index (χ0) is 18.6. The smallest absolute Gasteiger partial charge is 0.252 e. The van der Waals surface area contributed by atoms with E-state index in [0.717, 1.165) is 25.3 Å². The lowest BCUT2D eigenvalue weighted by atomic mass is 9.99. The van der Waals surface area contributed by atoms with Crippen LogP contribution in [0.2, 0.25) is 0 Å². The summed E-state index contributed by atoms with van der Waals surface area (Å²) < 4.78 is 1.80. The Hall–Kier alpha value is -2.99. The fourth-order valence-electron chi connectivity index (χ4n) is 3.43. The molecule has 0 fully saturated rings. The average molecular weight is 361 g/mol. The van der Waals surface area contributed by atoms with Crippen LogP contribution in [-0.2, 0) is 13.0 Å². The number of amides is 1. The maximum atomic E-state index is 12.4. The lowest BCUT2D eigenvalue weighted by molar-refractivity contribution is 0.0932. The minimum atomic E-state index is -0.0936. The Morgan fingerprint density at radius 2 is 2.07 bits per heavy atom. The molecule has 1 aliphatic rings. The molecule has 138 valence electrons. The molecule has 1 unspecified atom stereocenters. The fraction of sp³-hybridized carbons (Fsp3) is 0.286. The summed E-state index contributed by atoms with van der Waals surface area (Å²) in [5, 5.41) is 3.03. The van der Waals surface area contributed by atoms with Crippen molar-refractivity contribution in [1.29, 1.82) is 0 Å². The number of hydrogen-bond acceptors (Lipinski definition) is 4. The highest BCUT2D eigenvalue weighted by molar-refractivity contribution is 5.93. The van der Waals surface area contributed by atoms with Crippen LogP contribution in [0, 0.1) is 0 Å². The van der Waals surface area contributed by atoms with Crippen LogP contribution in [0.15, 0.2) is 61.3 Å². The number of benzene rings is 1. The second-order valence-electron chi connectivity index (χ2n) is 6.92. The third kappa shape index (κ3) is 3.90. The van der Waals surface area contributed by atoms with Crippen LogP contribution < -0.4 is 5.32 Å². The van der Waals surface area contributed by atoms with Crippen molar-refractivity contribution in [2.75, 3.05) is 13.1 Å². The van der Waals surface area contributed by atoms with E-state index in [1.54, 1.807) is 29.4 Å². The van der Waals surface area contributed by atoms with Crippen LogP contribution in [0.1, 0.15) is 28.4 Å². The Bertz CT molecular complexity index is 905. The van der Waals surface area contributed by atoms with E-state index in [2.05, 4.69) is 51.4 Å². The Kier molecular flexibility index (Phi) is 4.98. The van der Waals surface area contributed by atoms with E-state index < -0.39 is 0 Å². The van der Waals surface area contributed by atoms with Gasteiger partial charge < -0.3 is 5.32 Å². The van der Waals surface area contributed by atoms with Gasteiger partial charge in [-0.05, 0) is 36.6 Å². The number of nitrogens with one attached hydrogen (secondary N) is 1. The monoisotopic (exact) mass is 361 g/mol. The number of carbonyl (C=O) groups excluding carboxylic acids is 1. The molecule has 1 atom stereocenters. The number of carbonyl (C=O) groups is 1. The van der Waals surface area contributed by atoms with Gasteiger partial charge in [-0.25, -0.2) is 9.97 Å². The number of aromatic nitrogens is 3. The molecule has 0 aliphatic carbocycles. The van der Waals surface area contributed by atoms with E-state index in [4.69, 9.17) is 0 Å². The van der Waals surface area contributed by atoms with Crippen LogP contribution >= 0.6 is 0 Å².